The van der Waals surface area contributed by atoms with Crippen molar-refractivity contribution in [3.8, 4) is 0 Å². The molecular weight excluding hydrogens is 238 g/mol. The highest BCUT2D eigenvalue weighted by Gasteiger charge is 2.23. The molecule has 3 heterocycles. The van der Waals surface area contributed by atoms with E-state index in [2.05, 4.69) is 33.0 Å². The summed E-state index contributed by atoms with van der Waals surface area (Å²) in [5.41, 5.74) is 2.30. The molecule has 5 nitrogen and oxygen atoms in total. The van der Waals surface area contributed by atoms with Gasteiger partial charge in [-0.25, -0.2) is 4.98 Å². The van der Waals surface area contributed by atoms with Gasteiger partial charge in [0.25, 0.3) is 0 Å². The molecule has 1 saturated heterocycles. The number of hydrogen-bond acceptors (Lipinski definition) is 3. The van der Waals surface area contributed by atoms with Crippen molar-refractivity contribution in [3.05, 3.63) is 35.7 Å². The molecule has 0 amide bonds. The Hall–Kier alpha value is -1.62. The first kappa shape index (κ1) is 12.4. The molecule has 0 aromatic carbocycles. The highest BCUT2D eigenvalue weighted by atomic mass is 15.3. The minimum Gasteiger partial charge on any atom is -0.346 e. The van der Waals surface area contributed by atoms with E-state index in [-0.39, 0.29) is 0 Å². The quantitative estimate of drug-likeness (QED) is 0.915. The van der Waals surface area contributed by atoms with Crippen LogP contribution < -0.4 is 0 Å². The number of nitrogens with one attached hydrogen (secondary N) is 1. The number of likely N-dealkylation sites (tertiary alicyclic amines) is 1. The number of nitrogens with zero attached hydrogens (tertiary/aromatic N) is 4. The van der Waals surface area contributed by atoms with Crippen molar-refractivity contribution in [2.75, 3.05) is 13.1 Å². The summed E-state index contributed by atoms with van der Waals surface area (Å²) in [7, 11) is 1.97. The Morgan fingerprint density at radius 3 is 3.05 bits per heavy atom. The highest BCUT2D eigenvalue weighted by Crippen LogP contribution is 2.25. The summed E-state index contributed by atoms with van der Waals surface area (Å²) in [4.78, 5) is 10.3. The Kier molecular flexibility index (Phi) is 3.38. The maximum absolute atomic E-state index is 4.48. The molecule has 1 aliphatic heterocycles. The van der Waals surface area contributed by atoms with Crippen LogP contribution in [-0.2, 0) is 13.6 Å². The van der Waals surface area contributed by atoms with Crippen LogP contribution >= 0.6 is 0 Å². The molecule has 0 aliphatic carbocycles. The van der Waals surface area contributed by atoms with Crippen molar-refractivity contribution in [2.45, 2.75) is 32.2 Å². The van der Waals surface area contributed by atoms with Gasteiger partial charge in [0, 0.05) is 44.1 Å². The number of aromatic amines is 1. The number of hydrogen-bond donors (Lipinski definition) is 1. The van der Waals surface area contributed by atoms with E-state index in [1.807, 2.05) is 24.1 Å². The van der Waals surface area contributed by atoms with Gasteiger partial charge in [0.2, 0.25) is 0 Å². The van der Waals surface area contributed by atoms with Crippen LogP contribution in [0.4, 0.5) is 0 Å². The molecule has 1 atom stereocenters. The van der Waals surface area contributed by atoms with E-state index in [1.54, 1.807) is 0 Å². The van der Waals surface area contributed by atoms with E-state index in [0.717, 1.165) is 36.8 Å². The lowest BCUT2D eigenvalue weighted by Crippen LogP contribution is -2.34. The standard InChI is InChI=1S/C14H21N5/c1-11-8-15-14(16-11)12-4-3-6-19(9-12)10-13-5-7-18(2)17-13/h5,7-8,12H,3-4,6,9-10H2,1-2H3,(H,15,16). The molecule has 19 heavy (non-hydrogen) atoms. The summed E-state index contributed by atoms with van der Waals surface area (Å²) in [6.45, 7) is 5.23. The first-order valence-electron chi connectivity index (χ1n) is 6.93. The lowest BCUT2D eigenvalue weighted by atomic mass is 9.97. The van der Waals surface area contributed by atoms with Gasteiger partial charge in [-0.05, 0) is 32.4 Å². The monoisotopic (exact) mass is 259 g/mol. The fraction of sp³-hybridized carbons (Fsp3) is 0.571. The Morgan fingerprint density at radius 1 is 1.47 bits per heavy atom. The number of imidazole rings is 1. The van der Waals surface area contributed by atoms with Crippen LogP contribution in [0.3, 0.4) is 0 Å². The van der Waals surface area contributed by atoms with Crippen LogP contribution in [0.1, 0.15) is 36.0 Å². The maximum Gasteiger partial charge on any atom is 0.110 e. The van der Waals surface area contributed by atoms with Crippen LogP contribution in [0, 0.1) is 6.92 Å². The topological polar surface area (TPSA) is 49.7 Å². The van der Waals surface area contributed by atoms with Gasteiger partial charge in [-0.15, -0.1) is 0 Å². The third-order valence-corrected chi connectivity index (χ3v) is 3.77. The zero-order chi connectivity index (χ0) is 13.2. The number of H-pyrrole nitrogens is 1. The van der Waals surface area contributed by atoms with E-state index in [4.69, 9.17) is 0 Å². The van der Waals surface area contributed by atoms with Crippen molar-refractivity contribution in [1.29, 1.82) is 0 Å². The van der Waals surface area contributed by atoms with Gasteiger partial charge in [-0.3, -0.25) is 9.58 Å². The van der Waals surface area contributed by atoms with Crippen LogP contribution in [0.2, 0.25) is 0 Å². The lowest BCUT2D eigenvalue weighted by Gasteiger charge is -2.31. The number of aromatic nitrogens is 4. The summed E-state index contributed by atoms with van der Waals surface area (Å²) in [6.07, 6.45) is 6.39. The lowest BCUT2D eigenvalue weighted by molar-refractivity contribution is 0.194. The third-order valence-electron chi connectivity index (χ3n) is 3.77. The minimum absolute atomic E-state index is 0.533. The SMILES string of the molecule is Cc1cnc(C2CCCN(Cc3ccn(C)n3)C2)[nH]1. The highest BCUT2D eigenvalue weighted by molar-refractivity contribution is 5.06. The van der Waals surface area contributed by atoms with E-state index >= 15 is 0 Å². The van der Waals surface area contributed by atoms with Gasteiger partial charge in [-0.1, -0.05) is 0 Å². The molecule has 0 radical (unpaired) electrons. The molecule has 1 aliphatic rings. The zero-order valence-corrected chi connectivity index (χ0v) is 11.6. The molecule has 3 rings (SSSR count). The largest absolute Gasteiger partial charge is 0.346 e. The van der Waals surface area contributed by atoms with Crippen molar-refractivity contribution in [2.24, 2.45) is 7.05 Å². The average molecular weight is 259 g/mol. The van der Waals surface area contributed by atoms with Gasteiger partial charge in [-0.2, -0.15) is 5.10 Å². The van der Waals surface area contributed by atoms with Crippen LogP contribution in [0.15, 0.2) is 18.5 Å². The van der Waals surface area contributed by atoms with Gasteiger partial charge in [0.1, 0.15) is 5.82 Å². The fourth-order valence-electron chi connectivity index (χ4n) is 2.84. The first-order valence-corrected chi connectivity index (χ1v) is 6.93. The summed E-state index contributed by atoms with van der Waals surface area (Å²) in [5, 5.41) is 4.46. The molecule has 0 bridgehead atoms. The molecule has 5 heteroatoms. The summed E-state index contributed by atoms with van der Waals surface area (Å²) in [5.74, 6) is 1.68. The Balaban J connectivity index is 1.64. The van der Waals surface area contributed by atoms with Crippen LogP contribution in [0.5, 0.6) is 0 Å². The van der Waals surface area contributed by atoms with Gasteiger partial charge in [0.05, 0.1) is 5.69 Å². The van der Waals surface area contributed by atoms with Crippen LogP contribution in [0.25, 0.3) is 0 Å². The summed E-state index contributed by atoms with van der Waals surface area (Å²) < 4.78 is 1.87. The average Bonchev–Trinajstić information content (AvgIpc) is 2.99. The zero-order valence-electron chi connectivity index (χ0n) is 11.6. The number of piperidine rings is 1. The van der Waals surface area contributed by atoms with Gasteiger partial charge in [0.15, 0.2) is 0 Å². The maximum atomic E-state index is 4.48. The molecule has 0 spiro atoms. The van der Waals surface area contributed by atoms with E-state index in [1.165, 1.54) is 12.8 Å². The van der Waals surface area contributed by atoms with Crippen molar-refractivity contribution < 1.29 is 0 Å². The predicted molar refractivity (Wildman–Crippen MR) is 73.8 cm³/mol. The van der Waals surface area contributed by atoms with Gasteiger partial charge < -0.3 is 4.98 Å². The van der Waals surface area contributed by atoms with Crippen LogP contribution in [-0.4, -0.2) is 37.7 Å². The normalized spacial score (nSPS) is 20.8. The van der Waals surface area contributed by atoms with Crippen molar-refractivity contribution in [3.63, 3.8) is 0 Å². The molecule has 1 fully saturated rings. The fourth-order valence-corrected chi connectivity index (χ4v) is 2.84. The Morgan fingerprint density at radius 2 is 2.37 bits per heavy atom. The minimum atomic E-state index is 0.533. The van der Waals surface area contributed by atoms with E-state index in [9.17, 15) is 0 Å². The van der Waals surface area contributed by atoms with E-state index < -0.39 is 0 Å². The first-order chi connectivity index (χ1) is 9.20. The van der Waals surface area contributed by atoms with Gasteiger partial charge >= 0.3 is 0 Å². The second-order valence-electron chi connectivity index (χ2n) is 5.51. The molecule has 1 unspecified atom stereocenters. The van der Waals surface area contributed by atoms with Crippen molar-refractivity contribution >= 4 is 0 Å². The molecular formula is C14H21N5. The van der Waals surface area contributed by atoms with E-state index in [0.29, 0.717) is 5.92 Å². The molecule has 0 saturated carbocycles. The van der Waals surface area contributed by atoms with Crippen molar-refractivity contribution in [1.82, 2.24) is 24.6 Å². The number of rotatable bonds is 3. The smallest absolute Gasteiger partial charge is 0.110 e. The molecule has 1 N–H and O–H groups in total. The summed E-state index contributed by atoms with van der Waals surface area (Å²) >= 11 is 0. The molecule has 102 valence electrons. The molecule has 2 aromatic heterocycles. The number of aryl methyl sites for hydroxylation is 2. The summed E-state index contributed by atoms with van der Waals surface area (Å²) in [6, 6.07) is 2.10. The second kappa shape index (κ2) is 5.17. The predicted octanol–water partition coefficient (Wildman–Crippen LogP) is 1.83. The third kappa shape index (κ3) is 2.87. The molecule has 2 aromatic rings. The Bertz CT molecular complexity index is 542. The Labute approximate surface area is 113 Å². The second-order valence-corrected chi connectivity index (χ2v) is 5.51.